The van der Waals surface area contributed by atoms with E-state index in [1.165, 1.54) is 6.07 Å². The Kier molecular flexibility index (Phi) is 6.45. The van der Waals surface area contributed by atoms with Gasteiger partial charge in [-0.2, -0.15) is 0 Å². The van der Waals surface area contributed by atoms with Gasteiger partial charge in [0, 0.05) is 24.0 Å². The van der Waals surface area contributed by atoms with Crippen molar-refractivity contribution in [2.75, 3.05) is 19.0 Å². The fourth-order valence-electron chi connectivity index (χ4n) is 2.65. The molecule has 144 valence electrons. The van der Waals surface area contributed by atoms with Crippen molar-refractivity contribution in [1.29, 1.82) is 0 Å². The molecular weight excluding hydrogens is 381 g/mol. The molecule has 0 saturated carbocycles. The van der Waals surface area contributed by atoms with Gasteiger partial charge in [-0.3, -0.25) is 4.79 Å². The second-order valence-electron chi connectivity index (χ2n) is 6.00. The molecule has 0 saturated heterocycles. The van der Waals surface area contributed by atoms with E-state index in [0.29, 0.717) is 40.7 Å². The summed E-state index contributed by atoms with van der Waals surface area (Å²) in [6.07, 6.45) is 1.96. The minimum atomic E-state index is -0.273. The Labute approximate surface area is 167 Å². The molecule has 0 radical (unpaired) electrons. The molecule has 0 fully saturated rings. The largest absolute Gasteiger partial charge is 0.495 e. The number of halogens is 2. The summed E-state index contributed by atoms with van der Waals surface area (Å²) in [6, 6.07) is 15.0. The minimum absolute atomic E-state index is 0.255. The van der Waals surface area contributed by atoms with Gasteiger partial charge in [-0.1, -0.05) is 29.8 Å². The topological polar surface area (TPSA) is 63.2 Å². The van der Waals surface area contributed by atoms with Crippen LogP contribution in [0, 0.1) is 5.82 Å². The van der Waals surface area contributed by atoms with Gasteiger partial charge in [0.05, 0.1) is 12.1 Å². The third-order valence-corrected chi connectivity index (χ3v) is 4.38. The number of hydrogen-bond donors (Lipinski definition) is 2. The van der Waals surface area contributed by atoms with E-state index >= 15 is 0 Å². The van der Waals surface area contributed by atoms with Crippen LogP contribution in [-0.4, -0.2) is 24.5 Å². The summed E-state index contributed by atoms with van der Waals surface area (Å²) in [4.78, 5) is 16.6. The third-order valence-electron chi connectivity index (χ3n) is 4.08. The molecule has 1 heterocycles. The number of rotatable bonds is 7. The number of hydrogen-bond acceptors (Lipinski definition) is 4. The number of nitrogens with one attached hydrogen (secondary N) is 2. The average Bonchev–Trinajstić information content (AvgIpc) is 2.70. The number of pyridine rings is 1. The Balaban J connectivity index is 1.61. The van der Waals surface area contributed by atoms with E-state index in [2.05, 4.69) is 15.6 Å². The summed E-state index contributed by atoms with van der Waals surface area (Å²) in [7, 11) is 1.55. The van der Waals surface area contributed by atoms with Crippen molar-refractivity contribution in [1.82, 2.24) is 10.3 Å². The van der Waals surface area contributed by atoms with Crippen LogP contribution in [0.25, 0.3) is 0 Å². The van der Waals surface area contributed by atoms with Crippen molar-refractivity contribution in [2.24, 2.45) is 0 Å². The van der Waals surface area contributed by atoms with Crippen LogP contribution in [0.1, 0.15) is 15.9 Å². The zero-order chi connectivity index (χ0) is 19.9. The normalized spacial score (nSPS) is 10.4. The highest BCUT2D eigenvalue weighted by molar-refractivity contribution is 6.32. The number of carbonyl (C=O) groups is 1. The predicted octanol–water partition coefficient (Wildman–Crippen LogP) is 4.60. The quantitative estimate of drug-likeness (QED) is 0.609. The number of carbonyl (C=O) groups excluding carboxylic acids is 1. The first-order valence-electron chi connectivity index (χ1n) is 8.65. The van der Waals surface area contributed by atoms with Crippen LogP contribution in [0.3, 0.4) is 0 Å². The first kappa shape index (κ1) is 19.6. The van der Waals surface area contributed by atoms with Crippen LogP contribution in [0.4, 0.5) is 15.9 Å². The number of methoxy groups -OCH3 is 1. The fraction of sp³-hybridized carbons (Fsp3) is 0.143. The summed E-state index contributed by atoms with van der Waals surface area (Å²) < 4.78 is 18.8. The van der Waals surface area contributed by atoms with E-state index in [-0.39, 0.29) is 11.7 Å². The Morgan fingerprint density at radius 3 is 2.75 bits per heavy atom. The lowest BCUT2D eigenvalue weighted by molar-refractivity contribution is 0.0954. The molecule has 7 heteroatoms. The van der Waals surface area contributed by atoms with Crippen LogP contribution >= 0.6 is 11.6 Å². The maximum atomic E-state index is 13.6. The van der Waals surface area contributed by atoms with E-state index in [1.54, 1.807) is 61.8 Å². The van der Waals surface area contributed by atoms with E-state index in [9.17, 15) is 9.18 Å². The van der Waals surface area contributed by atoms with E-state index in [4.69, 9.17) is 16.3 Å². The Bertz CT molecular complexity index is 981. The maximum absolute atomic E-state index is 13.6. The molecule has 0 aliphatic rings. The van der Waals surface area contributed by atoms with Crippen LogP contribution in [0.2, 0.25) is 5.02 Å². The summed E-state index contributed by atoms with van der Waals surface area (Å²) >= 11 is 6.12. The molecule has 1 aromatic heterocycles. The maximum Gasteiger partial charge on any atom is 0.251 e. The van der Waals surface area contributed by atoms with Crippen LogP contribution in [0.15, 0.2) is 60.8 Å². The molecule has 0 aliphatic heterocycles. The molecule has 0 atom stereocenters. The molecule has 1 amide bonds. The van der Waals surface area contributed by atoms with Gasteiger partial charge in [0.15, 0.2) is 0 Å². The van der Waals surface area contributed by atoms with Crippen molar-refractivity contribution in [3.05, 3.63) is 82.8 Å². The van der Waals surface area contributed by atoms with E-state index < -0.39 is 0 Å². The summed E-state index contributed by atoms with van der Waals surface area (Å²) in [5.41, 5.74) is 1.73. The lowest BCUT2D eigenvalue weighted by Gasteiger charge is -2.10. The molecule has 0 unspecified atom stereocenters. The van der Waals surface area contributed by atoms with Gasteiger partial charge in [0.1, 0.15) is 17.4 Å². The van der Waals surface area contributed by atoms with Crippen LogP contribution in [-0.2, 0) is 6.42 Å². The SMILES string of the molecule is COc1ccc(Nc2cc(C(=O)NCCc3ccccc3F)ccn2)cc1Cl. The summed E-state index contributed by atoms with van der Waals surface area (Å²) in [6.45, 7) is 0.332. The molecule has 5 nitrogen and oxygen atoms in total. The molecule has 2 N–H and O–H groups in total. The van der Waals surface area contributed by atoms with Gasteiger partial charge in [0.25, 0.3) is 5.91 Å². The number of nitrogens with zero attached hydrogens (tertiary/aromatic N) is 1. The van der Waals surface area contributed by atoms with Crippen molar-refractivity contribution in [2.45, 2.75) is 6.42 Å². The molecule has 2 aromatic carbocycles. The Hall–Kier alpha value is -3.12. The highest BCUT2D eigenvalue weighted by Gasteiger charge is 2.09. The first-order chi connectivity index (χ1) is 13.6. The standard InChI is InChI=1S/C21H19ClFN3O2/c1-28-19-7-6-16(13-17(19)22)26-20-12-15(9-10-24-20)21(27)25-11-8-14-4-2-3-5-18(14)23/h2-7,9-10,12-13H,8,11H2,1H3,(H,24,26)(H,25,27). The Morgan fingerprint density at radius 1 is 1.18 bits per heavy atom. The lowest BCUT2D eigenvalue weighted by atomic mass is 10.1. The zero-order valence-electron chi connectivity index (χ0n) is 15.2. The van der Waals surface area contributed by atoms with Gasteiger partial charge in [0.2, 0.25) is 0 Å². The highest BCUT2D eigenvalue weighted by atomic mass is 35.5. The smallest absolute Gasteiger partial charge is 0.251 e. The van der Waals surface area contributed by atoms with E-state index in [0.717, 1.165) is 5.69 Å². The molecule has 0 spiro atoms. The molecule has 0 bridgehead atoms. The van der Waals surface area contributed by atoms with E-state index in [1.807, 2.05) is 0 Å². The number of anilines is 2. The number of ether oxygens (including phenoxy) is 1. The van der Waals surface area contributed by atoms with Crippen molar-refractivity contribution >= 4 is 29.0 Å². The number of aromatic nitrogens is 1. The van der Waals surface area contributed by atoms with Crippen molar-refractivity contribution in [3.63, 3.8) is 0 Å². The predicted molar refractivity (Wildman–Crippen MR) is 108 cm³/mol. The molecule has 28 heavy (non-hydrogen) atoms. The summed E-state index contributed by atoms with van der Waals surface area (Å²) in [5, 5.41) is 6.36. The second-order valence-corrected chi connectivity index (χ2v) is 6.41. The third kappa shape index (κ3) is 4.98. The molecule has 3 aromatic rings. The van der Waals surface area contributed by atoms with Crippen molar-refractivity contribution < 1.29 is 13.9 Å². The van der Waals surface area contributed by atoms with Gasteiger partial charge in [-0.15, -0.1) is 0 Å². The van der Waals surface area contributed by atoms with Crippen LogP contribution < -0.4 is 15.4 Å². The zero-order valence-corrected chi connectivity index (χ0v) is 16.0. The summed E-state index contributed by atoms with van der Waals surface area (Å²) in [5.74, 6) is 0.547. The molecule has 3 rings (SSSR count). The minimum Gasteiger partial charge on any atom is -0.495 e. The number of benzene rings is 2. The van der Waals surface area contributed by atoms with Gasteiger partial charge in [-0.25, -0.2) is 9.37 Å². The average molecular weight is 400 g/mol. The second kappa shape index (κ2) is 9.19. The number of amides is 1. The van der Waals surface area contributed by atoms with Crippen LogP contribution in [0.5, 0.6) is 5.75 Å². The molecule has 0 aliphatic carbocycles. The fourth-order valence-corrected chi connectivity index (χ4v) is 2.90. The molecular formula is C21H19ClFN3O2. The lowest BCUT2D eigenvalue weighted by Crippen LogP contribution is -2.26. The highest BCUT2D eigenvalue weighted by Crippen LogP contribution is 2.28. The van der Waals surface area contributed by atoms with Gasteiger partial charge < -0.3 is 15.4 Å². The first-order valence-corrected chi connectivity index (χ1v) is 9.03. The monoisotopic (exact) mass is 399 g/mol. The van der Waals surface area contributed by atoms with Gasteiger partial charge >= 0.3 is 0 Å². The van der Waals surface area contributed by atoms with Crippen molar-refractivity contribution in [3.8, 4) is 5.75 Å². The Morgan fingerprint density at radius 2 is 2.00 bits per heavy atom. The van der Waals surface area contributed by atoms with Gasteiger partial charge in [-0.05, 0) is 48.4 Å².